The highest BCUT2D eigenvalue weighted by molar-refractivity contribution is 7.16. The minimum absolute atomic E-state index is 0.00489. The Morgan fingerprint density at radius 3 is 2.82 bits per heavy atom. The summed E-state index contributed by atoms with van der Waals surface area (Å²) >= 11 is 0.940. The number of aromatic nitrogens is 1. The molecule has 0 unspecified atom stereocenters. The molecule has 2 rings (SSSR count). The Morgan fingerprint density at radius 1 is 1.53 bits per heavy atom. The summed E-state index contributed by atoms with van der Waals surface area (Å²) in [6.45, 7) is 0.387. The molecule has 0 radical (unpaired) electrons. The number of thiazole rings is 1. The number of hydrogen-bond donors (Lipinski definition) is 1. The van der Waals surface area contributed by atoms with Gasteiger partial charge < -0.3 is 10.5 Å². The first-order chi connectivity index (χ1) is 8.09. The molecule has 1 aliphatic rings. The van der Waals surface area contributed by atoms with Crippen molar-refractivity contribution in [2.75, 3.05) is 6.61 Å². The molecule has 2 N–H and O–H groups in total. The molecule has 0 spiro atoms. The van der Waals surface area contributed by atoms with Gasteiger partial charge in [0.05, 0.1) is 10.5 Å². The van der Waals surface area contributed by atoms with Gasteiger partial charge in [-0.2, -0.15) is 0 Å². The predicted molar refractivity (Wildman–Crippen MR) is 64.3 cm³/mol. The summed E-state index contributed by atoms with van der Waals surface area (Å²) in [6, 6.07) is 0. The lowest BCUT2D eigenvalue weighted by atomic mass is 9.83. The number of ether oxygens (including phenoxy) is 1. The van der Waals surface area contributed by atoms with E-state index in [1.807, 2.05) is 0 Å². The van der Waals surface area contributed by atoms with Crippen molar-refractivity contribution >= 4 is 16.3 Å². The third kappa shape index (κ3) is 3.13. The zero-order chi connectivity index (χ0) is 12.3. The average Bonchev–Trinajstić information content (AvgIpc) is 2.76. The van der Waals surface area contributed by atoms with Gasteiger partial charge in [-0.05, 0) is 24.2 Å². The minimum atomic E-state index is -0.469. The van der Waals surface area contributed by atoms with Crippen molar-refractivity contribution in [1.82, 2.24) is 4.98 Å². The maximum Gasteiger partial charge on any atom is 0.347 e. The van der Waals surface area contributed by atoms with Crippen LogP contribution in [0.25, 0.3) is 0 Å². The molecule has 1 saturated carbocycles. The maximum atomic E-state index is 10.5. The van der Waals surface area contributed by atoms with Gasteiger partial charge in [-0.15, -0.1) is 0 Å². The van der Waals surface area contributed by atoms with Crippen LogP contribution < -0.4 is 10.5 Å². The first-order valence-electron chi connectivity index (χ1n) is 5.61. The molecular formula is C10H15N3O3S. The molecule has 0 bridgehead atoms. The summed E-state index contributed by atoms with van der Waals surface area (Å²) in [5.74, 6) is 0. The van der Waals surface area contributed by atoms with Crippen LogP contribution in [0.1, 0.15) is 32.1 Å². The number of nitro groups is 1. The summed E-state index contributed by atoms with van der Waals surface area (Å²) in [5, 5.41) is 10.8. The molecule has 1 heterocycles. The van der Waals surface area contributed by atoms with E-state index in [1.54, 1.807) is 0 Å². The van der Waals surface area contributed by atoms with E-state index in [2.05, 4.69) is 4.98 Å². The van der Waals surface area contributed by atoms with Crippen LogP contribution in [0, 0.1) is 10.1 Å². The molecule has 1 fully saturated rings. The number of hydrogen-bond acceptors (Lipinski definition) is 6. The molecule has 1 aliphatic carbocycles. The van der Waals surface area contributed by atoms with Gasteiger partial charge in [0.1, 0.15) is 12.8 Å². The molecule has 94 valence electrons. The highest BCUT2D eigenvalue weighted by atomic mass is 32.1. The fraction of sp³-hybridized carbons (Fsp3) is 0.700. The first kappa shape index (κ1) is 12.3. The Morgan fingerprint density at radius 2 is 2.24 bits per heavy atom. The second kappa shape index (κ2) is 4.97. The van der Waals surface area contributed by atoms with Gasteiger partial charge >= 0.3 is 5.00 Å². The van der Waals surface area contributed by atoms with Crippen LogP contribution in [-0.4, -0.2) is 22.1 Å². The van der Waals surface area contributed by atoms with E-state index in [0.29, 0.717) is 11.8 Å². The molecule has 0 aromatic carbocycles. The van der Waals surface area contributed by atoms with Crippen LogP contribution in [0.5, 0.6) is 5.19 Å². The highest BCUT2D eigenvalue weighted by Crippen LogP contribution is 2.30. The Bertz CT molecular complexity index is 401. The molecule has 0 amide bonds. The van der Waals surface area contributed by atoms with Gasteiger partial charge in [0.2, 0.25) is 0 Å². The molecule has 7 heteroatoms. The van der Waals surface area contributed by atoms with Gasteiger partial charge in [-0.3, -0.25) is 10.1 Å². The van der Waals surface area contributed by atoms with Crippen LogP contribution >= 0.6 is 11.3 Å². The standard InChI is InChI=1S/C10H15N3O3S/c11-10(4-2-1-3-5-10)7-16-9-12-6-8(17-9)13(14)15/h6H,1-5,7,11H2. The topological polar surface area (TPSA) is 91.3 Å². The second-order valence-corrected chi connectivity index (χ2v) is 5.40. The molecular weight excluding hydrogens is 242 g/mol. The Labute approximate surface area is 103 Å². The Kier molecular flexibility index (Phi) is 3.58. The van der Waals surface area contributed by atoms with Crippen molar-refractivity contribution in [1.29, 1.82) is 0 Å². The number of nitrogens with zero attached hydrogens (tertiary/aromatic N) is 2. The summed E-state index contributed by atoms with van der Waals surface area (Å²) in [7, 11) is 0. The average molecular weight is 257 g/mol. The monoisotopic (exact) mass is 257 g/mol. The zero-order valence-electron chi connectivity index (χ0n) is 9.42. The van der Waals surface area contributed by atoms with Crippen LogP contribution in [-0.2, 0) is 0 Å². The summed E-state index contributed by atoms with van der Waals surface area (Å²) < 4.78 is 5.46. The molecule has 1 aromatic rings. The van der Waals surface area contributed by atoms with Crippen molar-refractivity contribution < 1.29 is 9.66 Å². The van der Waals surface area contributed by atoms with E-state index in [9.17, 15) is 10.1 Å². The van der Waals surface area contributed by atoms with Crippen molar-refractivity contribution in [3.8, 4) is 5.19 Å². The van der Waals surface area contributed by atoms with E-state index < -0.39 is 4.92 Å². The summed E-state index contributed by atoms with van der Waals surface area (Å²) in [5.41, 5.74) is 5.90. The van der Waals surface area contributed by atoms with Gasteiger partial charge in [-0.1, -0.05) is 19.3 Å². The molecule has 0 aliphatic heterocycles. The lowest BCUT2D eigenvalue weighted by Gasteiger charge is -2.32. The van der Waals surface area contributed by atoms with Crippen molar-refractivity contribution in [2.24, 2.45) is 5.73 Å². The van der Waals surface area contributed by atoms with Gasteiger partial charge in [-0.25, -0.2) is 4.98 Å². The summed E-state index contributed by atoms with van der Waals surface area (Å²) in [6.07, 6.45) is 6.57. The largest absolute Gasteiger partial charge is 0.468 e. The molecule has 0 saturated heterocycles. The fourth-order valence-corrected chi connectivity index (χ4v) is 2.59. The maximum absolute atomic E-state index is 10.5. The van der Waals surface area contributed by atoms with E-state index in [4.69, 9.17) is 10.5 Å². The third-order valence-corrected chi connectivity index (χ3v) is 3.85. The van der Waals surface area contributed by atoms with Crippen LogP contribution in [0.15, 0.2) is 6.20 Å². The quantitative estimate of drug-likeness (QED) is 0.658. The first-order valence-corrected chi connectivity index (χ1v) is 6.43. The summed E-state index contributed by atoms with van der Waals surface area (Å²) in [4.78, 5) is 13.9. The van der Waals surface area contributed by atoms with E-state index in [1.165, 1.54) is 12.6 Å². The molecule has 1 aromatic heterocycles. The number of nitrogens with two attached hydrogens (primary N) is 1. The Balaban J connectivity index is 1.90. The van der Waals surface area contributed by atoms with E-state index in [-0.39, 0.29) is 10.5 Å². The highest BCUT2D eigenvalue weighted by Gasteiger charge is 2.28. The van der Waals surface area contributed by atoms with Crippen LogP contribution in [0.4, 0.5) is 5.00 Å². The normalized spacial score (nSPS) is 18.9. The minimum Gasteiger partial charge on any atom is -0.468 e. The lowest BCUT2D eigenvalue weighted by molar-refractivity contribution is -0.380. The van der Waals surface area contributed by atoms with Gasteiger partial charge in [0.15, 0.2) is 0 Å². The van der Waals surface area contributed by atoms with E-state index in [0.717, 1.165) is 37.0 Å². The predicted octanol–water partition coefficient (Wildman–Crippen LogP) is 2.09. The van der Waals surface area contributed by atoms with Crippen molar-refractivity contribution in [2.45, 2.75) is 37.6 Å². The van der Waals surface area contributed by atoms with Crippen molar-refractivity contribution in [3.05, 3.63) is 16.3 Å². The zero-order valence-corrected chi connectivity index (χ0v) is 10.2. The second-order valence-electron chi connectivity index (χ2n) is 4.43. The Hall–Kier alpha value is -1.21. The number of rotatable bonds is 4. The van der Waals surface area contributed by atoms with Crippen LogP contribution in [0.3, 0.4) is 0 Å². The SMILES string of the molecule is NC1(COc2ncc([N+](=O)[O-])s2)CCCCC1. The molecule has 0 atom stereocenters. The van der Waals surface area contributed by atoms with Gasteiger partial charge in [0, 0.05) is 0 Å². The van der Waals surface area contributed by atoms with Crippen LogP contribution in [0.2, 0.25) is 0 Å². The van der Waals surface area contributed by atoms with Gasteiger partial charge in [0.25, 0.3) is 5.19 Å². The lowest BCUT2D eigenvalue weighted by Crippen LogP contribution is -2.47. The van der Waals surface area contributed by atoms with E-state index >= 15 is 0 Å². The third-order valence-electron chi connectivity index (χ3n) is 2.98. The smallest absolute Gasteiger partial charge is 0.347 e. The molecule has 6 nitrogen and oxygen atoms in total. The van der Waals surface area contributed by atoms with Crippen molar-refractivity contribution in [3.63, 3.8) is 0 Å². The molecule has 17 heavy (non-hydrogen) atoms. The fourth-order valence-electron chi connectivity index (χ4n) is 2.01.